The Kier molecular flexibility index (Phi) is 5.56. The summed E-state index contributed by atoms with van der Waals surface area (Å²) in [5.41, 5.74) is 1.79. The number of halogens is 1. The molecule has 0 bridgehead atoms. The molecule has 0 aliphatic carbocycles. The van der Waals surface area contributed by atoms with Crippen molar-refractivity contribution in [2.45, 2.75) is 13.0 Å². The molecule has 1 aliphatic rings. The van der Waals surface area contributed by atoms with Crippen LogP contribution in [0.2, 0.25) is 0 Å². The van der Waals surface area contributed by atoms with Crippen molar-refractivity contribution in [2.75, 3.05) is 30.4 Å². The molecule has 26 heavy (non-hydrogen) atoms. The van der Waals surface area contributed by atoms with Crippen molar-refractivity contribution in [3.8, 4) is 0 Å². The molecular weight excluding hydrogens is 396 g/mol. The molecule has 1 unspecified atom stereocenters. The van der Waals surface area contributed by atoms with Crippen LogP contribution in [0.25, 0.3) is 0 Å². The summed E-state index contributed by atoms with van der Waals surface area (Å²) >= 11 is 3.41. The van der Waals surface area contributed by atoms with Gasteiger partial charge in [-0.15, -0.1) is 0 Å². The zero-order valence-electron chi connectivity index (χ0n) is 14.8. The number of rotatable bonds is 5. The first-order chi connectivity index (χ1) is 12.4. The van der Waals surface area contributed by atoms with Crippen LogP contribution in [0.3, 0.4) is 0 Å². The molecule has 3 rings (SSSR count). The maximum absolute atomic E-state index is 12.5. The van der Waals surface area contributed by atoms with E-state index in [1.807, 2.05) is 55.4 Å². The number of carbonyl (C=O) groups is 2. The van der Waals surface area contributed by atoms with Crippen molar-refractivity contribution >= 4 is 39.2 Å². The highest BCUT2D eigenvalue weighted by Gasteiger charge is 2.35. The minimum absolute atomic E-state index is 0.0259. The van der Waals surface area contributed by atoms with Crippen LogP contribution in [0.1, 0.15) is 12.0 Å². The van der Waals surface area contributed by atoms with Crippen LogP contribution >= 0.6 is 15.9 Å². The molecule has 1 aromatic heterocycles. The Labute approximate surface area is 161 Å². The molecule has 7 heteroatoms. The van der Waals surface area contributed by atoms with Gasteiger partial charge in [0.25, 0.3) is 0 Å². The van der Waals surface area contributed by atoms with Crippen molar-refractivity contribution in [1.82, 2.24) is 10.3 Å². The van der Waals surface area contributed by atoms with E-state index < -0.39 is 0 Å². The minimum Gasteiger partial charge on any atom is -0.363 e. The summed E-state index contributed by atoms with van der Waals surface area (Å²) in [7, 11) is 3.84. The molecule has 0 saturated carbocycles. The third-order valence-corrected chi connectivity index (χ3v) is 4.84. The molecule has 1 saturated heterocycles. The van der Waals surface area contributed by atoms with E-state index in [-0.39, 0.29) is 24.2 Å². The number of hydrogen-bond acceptors (Lipinski definition) is 4. The fourth-order valence-electron chi connectivity index (χ4n) is 2.93. The lowest BCUT2D eigenvalue weighted by molar-refractivity contribution is -0.126. The average Bonchev–Trinajstić information content (AvgIpc) is 3.02. The Morgan fingerprint density at radius 2 is 2.15 bits per heavy atom. The highest BCUT2D eigenvalue weighted by atomic mass is 79.9. The van der Waals surface area contributed by atoms with Gasteiger partial charge in [0.2, 0.25) is 11.8 Å². The van der Waals surface area contributed by atoms with Crippen molar-refractivity contribution < 1.29 is 9.59 Å². The highest BCUT2D eigenvalue weighted by Crippen LogP contribution is 2.27. The number of hydrogen-bond donors (Lipinski definition) is 1. The van der Waals surface area contributed by atoms with E-state index in [0.29, 0.717) is 13.1 Å². The molecular formula is C19H21BrN4O2. The number of carbonyl (C=O) groups excluding carboxylic acids is 2. The van der Waals surface area contributed by atoms with Gasteiger partial charge in [0.15, 0.2) is 0 Å². The standard InChI is InChI=1S/C19H21BrN4O2/c1-23(2)17-8-13(6-7-21-17)11-22-19(26)14-9-18(25)24(12-14)16-5-3-4-15(20)10-16/h3-8,10,14H,9,11-12H2,1-2H3,(H,22,26). The maximum atomic E-state index is 12.5. The van der Waals surface area contributed by atoms with Crippen LogP contribution in [-0.4, -0.2) is 37.4 Å². The summed E-state index contributed by atoms with van der Waals surface area (Å²) in [6, 6.07) is 11.4. The minimum atomic E-state index is -0.336. The van der Waals surface area contributed by atoms with Crippen LogP contribution in [0, 0.1) is 5.92 Å². The average molecular weight is 417 g/mol. The summed E-state index contributed by atoms with van der Waals surface area (Å²) < 4.78 is 0.907. The van der Waals surface area contributed by atoms with Crippen molar-refractivity contribution in [3.63, 3.8) is 0 Å². The van der Waals surface area contributed by atoms with Crippen LogP contribution in [0.4, 0.5) is 11.5 Å². The van der Waals surface area contributed by atoms with E-state index in [9.17, 15) is 9.59 Å². The number of benzene rings is 1. The fourth-order valence-corrected chi connectivity index (χ4v) is 3.31. The van der Waals surface area contributed by atoms with E-state index in [2.05, 4.69) is 26.2 Å². The lowest BCUT2D eigenvalue weighted by Gasteiger charge is -2.17. The van der Waals surface area contributed by atoms with Crippen molar-refractivity contribution in [1.29, 1.82) is 0 Å². The Morgan fingerprint density at radius 1 is 1.35 bits per heavy atom. The van der Waals surface area contributed by atoms with E-state index in [4.69, 9.17) is 0 Å². The second-order valence-electron chi connectivity index (χ2n) is 6.52. The quantitative estimate of drug-likeness (QED) is 0.813. The molecule has 1 aromatic carbocycles. The molecule has 6 nitrogen and oxygen atoms in total. The van der Waals surface area contributed by atoms with Gasteiger partial charge in [-0.2, -0.15) is 0 Å². The normalized spacial score (nSPS) is 16.7. The first-order valence-corrected chi connectivity index (χ1v) is 9.19. The van der Waals surface area contributed by atoms with Gasteiger partial charge in [-0.3, -0.25) is 9.59 Å². The van der Waals surface area contributed by atoms with Crippen LogP contribution in [-0.2, 0) is 16.1 Å². The van der Waals surface area contributed by atoms with Gasteiger partial charge in [0.1, 0.15) is 5.82 Å². The molecule has 2 amide bonds. The summed E-state index contributed by atoms with van der Waals surface area (Å²) in [4.78, 5) is 32.7. The summed E-state index contributed by atoms with van der Waals surface area (Å²) in [6.07, 6.45) is 1.96. The second kappa shape index (κ2) is 7.86. The summed E-state index contributed by atoms with van der Waals surface area (Å²) in [6.45, 7) is 0.824. The SMILES string of the molecule is CN(C)c1cc(CNC(=O)C2CC(=O)N(c3cccc(Br)c3)C2)ccn1. The number of amides is 2. The van der Waals surface area contributed by atoms with Gasteiger partial charge in [-0.05, 0) is 35.9 Å². The molecule has 2 heterocycles. The molecule has 1 aliphatic heterocycles. The third kappa shape index (κ3) is 4.22. The molecule has 0 spiro atoms. The monoisotopic (exact) mass is 416 g/mol. The number of nitrogens with zero attached hydrogens (tertiary/aromatic N) is 3. The van der Waals surface area contributed by atoms with Gasteiger partial charge in [-0.1, -0.05) is 22.0 Å². The Balaban J connectivity index is 1.61. The molecule has 1 N–H and O–H groups in total. The van der Waals surface area contributed by atoms with Gasteiger partial charge >= 0.3 is 0 Å². The Morgan fingerprint density at radius 3 is 2.88 bits per heavy atom. The smallest absolute Gasteiger partial charge is 0.227 e. The van der Waals surface area contributed by atoms with E-state index in [0.717, 1.165) is 21.5 Å². The van der Waals surface area contributed by atoms with Crippen LogP contribution in [0.15, 0.2) is 47.1 Å². The van der Waals surface area contributed by atoms with Crippen LogP contribution in [0.5, 0.6) is 0 Å². The van der Waals surface area contributed by atoms with E-state index >= 15 is 0 Å². The number of pyridine rings is 1. The Hall–Kier alpha value is -2.41. The summed E-state index contributed by atoms with van der Waals surface area (Å²) in [5.74, 6) is 0.381. The first kappa shape index (κ1) is 18.4. The van der Waals surface area contributed by atoms with E-state index in [1.54, 1.807) is 11.1 Å². The number of aromatic nitrogens is 1. The first-order valence-electron chi connectivity index (χ1n) is 8.40. The van der Waals surface area contributed by atoms with E-state index in [1.165, 1.54) is 0 Å². The van der Waals surface area contributed by atoms with Gasteiger partial charge in [-0.25, -0.2) is 4.98 Å². The van der Waals surface area contributed by atoms with Gasteiger partial charge in [0, 0.05) is 50.0 Å². The van der Waals surface area contributed by atoms with Crippen LogP contribution < -0.4 is 15.1 Å². The predicted molar refractivity (Wildman–Crippen MR) is 105 cm³/mol. The van der Waals surface area contributed by atoms with Crippen molar-refractivity contribution in [3.05, 3.63) is 52.6 Å². The largest absolute Gasteiger partial charge is 0.363 e. The van der Waals surface area contributed by atoms with Gasteiger partial charge < -0.3 is 15.1 Å². The van der Waals surface area contributed by atoms with Crippen molar-refractivity contribution in [2.24, 2.45) is 5.92 Å². The topological polar surface area (TPSA) is 65.5 Å². The Bertz CT molecular complexity index is 825. The summed E-state index contributed by atoms with van der Waals surface area (Å²) in [5, 5.41) is 2.94. The predicted octanol–water partition coefficient (Wildman–Crippen LogP) is 2.58. The number of anilines is 2. The molecule has 136 valence electrons. The zero-order valence-corrected chi connectivity index (χ0v) is 16.4. The molecule has 1 fully saturated rings. The van der Waals surface area contributed by atoms with Gasteiger partial charge in [0.05, 0.1) is 5.92 Å². The second-order valence-corrected chi connectivity index (χ2v) is 7.44. The highest BCUT2D eigenvalue weighted by molar-refractivity contribution is 9.10. The lowest BCUT2D eigenvalue weighted by Crippen LogP contribution is -2.32. The maximum Gasteiger partial charge on any atom is 0.227 e. The molecule has 0 radical (unpaired) electrons. The molecule has 2 aromatic rings. The number of nitrogens with one attached hydrogen (secondary N) is 1. The zero-order chi connectivity index (χ0) is 18.7. The third-order valence-electron chi connectivity index (χ3n) is 4.35. The molecule has 1 atom stereocenters. The fraction of sp³-hybridized carbons (Fsp3) is 0.316. The lowest BCUT2D eigenvalue weighted by atomic mass is 10.1.